The number of rotatable bonds is 7. The van der Waals surface area contributed by atoms with E-state index >= 15 is 0 Å². The van der Waals surface area contributed by atoms with Crippen LogP contribution in [-0.4, -0.2) is 60.2 Å². The first kappa shape index (κ1) is 15.6. The number of hydrogen-bond donors (Lipinski definition) is 1. The second kappa shape index (κ2) is 7.84. The Morgan fingerprint density at radius 1 is 1.33 bits per heavy atom. The average Bonchev–Trinajstić information content (AvgIpc) is 2.09. The van der Waals surface area contributed by atoms with E-state index in [0.29, 0.717) is 0 Å². The van der Waals surface area contributed by atoms with Gasteiger partial charge in [-0.15, -0.1) is 0 Å². The lowest BCUT2D eigenvalue weighted by Gasteiger charge is -2.35. The zero-order valence-corrected chi connectivity index (χ0v) is 12.7. The molecular formula is C9H21NO2P2S. The van der Waals surface area contributed by atoms with E-state index in [2.05, 4.69) is 31.1 Å². The molecule has 0 unspecified atom stereocenters. The predicted molar refractivity (Wildman–Crippen MR) is 73.8 cm³/mol. The third-order valence-corrected chi connectivity index (χ3v) is 6.97. The molecule has 0 saturated heterocycles. The van der Waals surface area contributed by atoms with Gasteiger partial charge in [0.1, 0.15) is 6.04 Å². The minimum atomic E-state index is -0.670. The monoisotopic (exact) mass is 269 g/mol. The second-order valence-corrected chi connectivity index (χ2v) is 9.20. The van der Waals surface area contributed by atoms with Crippen molar-refractivity contribution in [1.82, 2.24) is 4.44 Å². The number of hydrogen-bond acceptors (Lipinski definition) is 3. The second-order valence-electron chi connectivity index (χ2n) is 3.65. The summed E-state index contributed by atoms with van der Waals surface area (Å²) in [5, 5.41) is 9.24. The van der Waals surface area contributed by atoms with Crippen LogP contribution in [0.1, 0.15) is 6.42 Å². The van der Waals surface area contributed by atoms with Gasteiger partial charge in [-0.25, -0.2) is 4.44 Å². The zero-order chi connectivity index (χ0) is 12.0. The van der Waals surface area contributed by atoms with Crippen LogP contribution in [-0.2, 0) is 4.79 Å². The third-order valence-electron chi connectivity index (χ3n) is 1.98. The van der Waals surface area contributed by atoms with E-state index in [0.717, 1.165) is 12.2 Å². The Morgan fingerprint density at radius 3 is 2.07 bits per heavy atom. The zero-order valence-electron chi connectivity index (χ0n) is 10.1. The van der Waals surface area contributed by atoms with E-state index in [1.807, 2.05) is 6.26 Å². The van der Waals surface area contributed by atoms with Gasteiger partial charge in [-0.1, -0.05) is 0 Å². The summed E-state index contributed by atoms with van der Waals surface area (Å²) in [6.45, 7) is 8.53. The summed E-state index contributed by atoms with van der Waals surface area (Å²) in [5.74, 6) is 0.247. The maximum absolute atomic E-state index is 11.2. The largest absolute Gasteiger partial charge is 0.480 e. The molecule has 0 rings (SSSR count). The molecule has 0 spiro atoms. The highest BCUT2D eigenvalue weighted by molar-refractivity contribution is 7.98. The van der Waals surface area contributed by atoms with Gasteiger partial charge in [-0.3, -0.25) is 4.79 Å². The minimum Gasteiger partial charge on any atom is -0.480 e. The molecule has 0 fully saturated rings. The van der Waals surface area contributed by atoms with Crippen molar-refractivity contribution >= 4 is 33.9 Å². The van der Waals surface area contributed by atoms with Crippen LogP contribution in [0.5, 0.6) is 0 Å². The van der Waals surface area contributed by atoms with Gasteiger partial charge in [0, 0.05) is 0 Å². The summed E-state index contributed by atoms with van der Waals surface area (Å²) in [7, 11) is -0.639. The third kappa shape index (κ3) is 5.49. The van der Waals surface area contributed by atoms with E-state index in [9.17, 15) is 9.90 Å². The van der Waals surface area contributed by atoms with Crippen molar-refractivity contribution < 1.29 is 9.90 Å². The fourth-order valence-corrected chi connectivity index (χ4v) is 6.35. The van der Waals surface area contributed by atoms with Gasteiger partial charge in [0.25, 0.3) is 0 Å². The van der Waals surface area contributed by atoms with E-state index < -0.39 is 5.97 Å². The summed E-state index contributed by atoms with van der Waals surface area (Å²) in [6, 6.07) is -0.292. The Labute approximate surface area is 99.6 Å². The molecule has 0 aromatic heterocycles. The summed E-state index contributed by atoms with van der Waals surface area (Å²) >= 11 is 1.71. The summed E-state index contributed by atoms with van der Waals surface area (Å²) in [5.41, 5.74) is 0. The SMILES string of the molecule is CSCC[C@@H](C(=O)O)N(P(C)C)P(C)C. The van der Waals surface area contributed by atoms with E-state index in [4.69, 9.17) is 0 Å². The normalized spacial score (nSPS) is 13.9. The Kier molecular flexibility index (Phi) is 8.17. The molecule has 0 aliphatic heterocycles. The molecule has 0 aliphatic rings. The molecule has 0 heterocycles. The highest BCUT2D eigenvalue weighted by Gasteiger charge is 2.29. The van der Waals surface area contributed by atoms with Crippen LogP contribution >= 0.6 is 27.9 Å². The van der Waals surface area contributed by atoms with Gasteiger partial charge in [0.2, 0.25) is 0 Å². The van der Waals surface area contributed by atoms with Gasteiger partial charge < -0.3 is 5.11 Å². The van der Waals surface area contributed by atoms with Crippen LogP contribution in [0.3, 0.4) is 0 Å². The Bertz CT molecular complexity index is 195. The van der Waals surface area contributed by atoms with Crippen LogP contribution in [0.2, 0.25) is 0 Å². The quantitative estimate of drug-likeness (QED) is 0.721. The predicted octanol–water partition coefficient (Wildman–Crippen LogP) is 2.81. The number of thioether (sulfide) groups is 1. The Hall–Kier alpha value is 0.640. The van der Waals surface area contributed by atoms with Crippen LogP contribution in [0.25, 0.3) is 0 Å². The number of carbonyl (C=O) groups is 1. The molecule has 0 amide bonds. The number of aliphatic carboxylic acids is 1. The van der Waals surface area contributed by atoms with Crippen molar-refractivity contribution in [2.24, 2.45) is 0 Å². The maximum Gasteiger partial charge on any atom is 0.321 e. The van der Waals surface area contributed by atoms with E-state index in [1.54, 1.807) is 11.8 Å². The number of carboxylic acid groups (broad SMARTS) is 1. The van der Waals surface area contributed by atoms with Crippen LogP contribution < -0.4 is 0 Å². The Balaban J connectivity index is 4.60. The molecule has 0 radical (unpaired) electrons. The first-order valence-electron chi connectivity index (χ1n) is 4.77. The fourth-order valence-electron chi connectivity index (χ4n) is 1.48. The summed E-state index contributed by atoms with van der Waals surface area (Å²) in [6.07, 6.45) is 2.77. The number of carboxylic acids is 1. The van der Waals surface area contributed by atoms with Crippen LogP contribution in [0, 0.1) is 0 Å². The fraction of sp³-hybridized carbons (Fsp3) is 0.889. The smallest absolute Gasteiger partial charge is 0.321 e. The lowest BCUT2D eigenvalue weighted by molar-refractivity contribution is -0.140. The first-order valence-corrected chi connectivity index (χ1v) is 10.5. The van der Waals surface area contributed by atoms with E-state index in [1.165, 1.54) is 0 Å². The van der Waals surface area contributed by atoms with Gasteiger partial charge in [-0.05, 0) is 61.2 Å². The molecule has 90 valence electrons. The highest BCUT2D eigenvalue weighted by atomic mass is 32.2. The van der Waals surface area contributed by atoms with Gasteiger partial charge in [0.15, 0.2) is 0 Å². The van der Waals surface area contributed by atoms with E-state index in [-0.39, 0.29) is 22.2 Å². The lowest BCUT2D eigenvalue weighted by Crippen LogP contribution is -2.34. The molecule has 1 N–H and O–H groups in total. The molecule has 0 aromatic carbocycles. The van der Waals surface area contributed by atoms with Crippen molar-refractivity contribution in [3.63, 3.8) is 0 Å². The molecule has 0 aromatic rings. The molecule has 0 aliphatic carbocycles. The molecule has 3 nitrogen and oxygen atoms in total. The minimum absolute atomic E-state index is 0.292. The highest BCUT2D eigenvalue weighted by Crippen LogP contribution is 2.50. The summed E-state index contributed by atoms with van der Waals surface area (Å²) < 4.78 is 2.20. The molecule has 1 atom stereocenters. The topological polar surface area (TPSA) is 40.5 Å². The average molecular weight is 269 g/mol. The summed E-state index contributed by atoms with van der Waals surface area (Å²) in [4.78, 5) is 11.2. The molecule has 6 heteroatoms. The maximum atomic E-state index is 11.2. The van der Waals surface area contributed by atoms with Crippen LogP contribution in [0.4, 0.5) is 0 Å². The Morgan fingerprint density at radius 2 is 1.80 bits per heavy atom. The number of nitrogens with zero attached hydrogens (tertiary/aromatic N) is 1. The molecule has 0 saturated carbocycles. The van der Waals surface area contributed by atoms with Crippen molar-refractivity contribution in [1.29, 1.82) is 0 Å². The van der Waals surface area contributed by atoms with Crippen molar-refractivity contribution in [2.45, 2.75) is 12.5 Å². The molecule has 15 heavy (non-hydrogen) atoms. The standard InChI is InChI=1S/C9H21NO2P2S/c1-13(2)10(14(3)4)8(9(11)12)6-7-15-5/h8H,6-7H2,1-5H3,(H,11,12)/t8-/m0/s1. The van der Waals surface area contributed by atoms with Crippen LogP contribution in [0.15, 0.2) is 0 Å². The van der Waals surface area contributed by atoms with Gasteiger partial charge >= 0.3 is 5.97 Å². The van der Waals surface area contributed by atoms with Crippen molar-refractivity contribution in [3.05, 3.63) is 0 Å². The van der Waals surface area contributed by atoms with Crippen molar-refractivity contribution in [2.75, 3.05) is 38.7 Å². The first-order chi connectivity index (χ1) is 6.91. The lowest BCUT2D eigenvalue weighted by atomic mass is 10.2. The van der Waals surface area contributed by atoms with Gasteiger partial charge in [0.05, 0.1) is 0 Å². The molecule has 0 bridgehead atoms. The molecular weight excluding hydrogens is 248 g/mol. The van der Waals surface area contributed by atoms with Crippen molar-refractivity contribution in [3.8, 4) is 0 Å². The van der Waals surface area contributed by atoms with Gasteiger partial charge in [-0.2, -0.15) is 11.8 Å².